The van der Waals surface area contributed by atoms with Crippen LogP contribution in [0.1, 0.15) is 25.7 Å². The summed E-state index contributed by atoms with van der Waals surface area (Å²) in [6.07, 6.45) is 6.27. The lowest BCUT2D eigenvalue weighted by Crippen LogP contribution is -2.42. The van der Waals surface area contributed by atoms with E-state index in [0.29, 0.717) is 13.1 Å². The van der Waals surface area contributed by atoms with Crippen molar-refractivity contribution in [1.82, 2.24) is 14.9 Å². The molecule has 132 valence electrons. The minimum absolute atomic E-state index is 0.166. The lowest BCUT2D eigenvalue weighted by atomic mass is 10.2. The molecule has 2 fully saturated rings. The number of aromatic nitrogens is 2. The fraction of sp³-hybridized carbons (Fsp3) is 0.526. The topological polar surface area (TPSA) is 58.6 Å². The van der Waals surface area contributed by atoms with E-state index in [-0.39, 0.29) is 12.0 Å². The number of anilines is 1. The third-order valence-corrected chi connectivity index (χ3v) is 4.99. The van der Waals surface area contributed by atoms with Crippen LogP contribution in [0.5, 0.6) is 0 Å². The summed E-state index contributed by atoms with van der Waals surface area (Å²) in [7, 11) is 0. The van der Waals surface area contributed by atoms with Gasteiger partial charge in [0.25, 0.3) is 0 Å². The first-order chi connectivity index (χ1) is 12.3. The van der Waals surface area contributed by atoms with E-state index in [1.165, 1.54) is 0 Å². The van der Waals surface area contributed by atoms with E-state index in [4.69, 9.17) is 9.72 Å². The predicted molar refractivity (Wildman–Crippen MR) is 96.5 cm³/mol. The number of nitrogens with zero attached hydrogens (tertiary/aromatic N) is 4. The molecule has 2 aliphatic rings. The molecule has 25 heavy (non-hydrogen) atoms. The van der Waals surface area contributed by atoms with Crippen molar-refractivity contribution >= 4 is 22.8 Å². The van der Waals surface area contributed by atoms with Gasteiger partial charge in [-0.25, -0.2) is 4.98 Å². The van der Waals surface area contributed by atoms with Gasteiger partial charge < -0.3 is 14.5 Å². The van der Waals surface area contributed by atoms with Crippen molar-refractivity contribution < 1.29 is 9.53 Å². The first-order valence-corrected chi connectivity index (χ1v) is 9.16. The molecule has 0 saturated carbocycles. The Morgan fingerprint density at radius 1 is 1.20 bits per heavy atom. The van der Waals surface area contributed by atoms with Gasteiger partial charge in [-0.1, -0.05) is 12.1 Å². The van der Waals surface area contributed by atoms with Crippen LogP contribution in [0.3, 0.4) is 0 Å². The number of ether oxygens (including phenoxy) is 1. The zero-order valence-electron chi connectivity index (χ0n) is 14.4. The van der Waals surface area contributed by atoms with Crippen LogP contribution in [0.25, 0.3) is 11.0 Å². The summed E-state index contributed by atoms with van der Waals surface area (Å²) in [6.45, 7) is 3.58. The minimum atomic E-state index is 0.166. The Hall–Kier alpha value is -2.21. The van der Waals surface area contributed by atoms with Gasteiger partial charge in [-0.05, 0) is 37.8 Å². The van der Waals surface area contributed by atoms with Crippen molar-refractivity contribution in [3.05, 3.63) is 30.5 Å². The number of carbonyl (C=O) groups is 1. The number of para-hydroxylation sites is 2. The standard InChI is InChI=1S/C19H24N4O2/c24-19(22-9-3-4-10-22)14-23(13-15-6-5-11-25-15)18-12-20-16-7-1-2-8-17(16)21-18/h1-2,7-8,12,15H,3-6,9-11,13-14H2/t15-/m0/s1. The van der Waals surface area contributed by atoms with Gasteiger partial charge in [-0.3, -0.25) is 9.78 Å². The van der Waals surface area contributed by atoms with Crippen LogP contribution in [0.4, 0.5) is 5.82 Å². The molecule has 3 heterocycles. The zero-order chi connectivity index (χ0) is 17.1. The van der Waals surface area contributed by atoms with Crippen LogP contribution < -0.4 is 4.90 Å². The van der Waals surface area contributed by atoms with Crippen molar-refractivity contribution in [2.45, 2.75) is 31.8 Å². The van der Waals surface area contributed by atoms with Crippen LogP contribution in [-0.2, 0) is 9.53 Å². The maximum absolute atomic E-state index is 12.7. The van der Waals surface area contributed by atoms with Crippen molar-refractivity contribution in [2.75, 3.05) is 37.7 Å². The summed E-state index contributed by atoms with van der Waals surface area (Å²) in [5.74, 6) is 0.923. The first kappa shape index (κ1) is 16.3. The molecule has 0 aliphatic carbocycles. The second-order valence-corrected chi connectivity index (χ2v) is 6.82. The molecule has 2 saturated heterocycles. The van der Waals surface area contributed by atoms with Crippen molar-refractivity contribution in [3.8, 4) is 0 Å². The van der Waals surface area contributed by atoms with Crippen LogP contribution in [0.2, 0.25) is 0 Å². The summed E-state index contributed by atoms with van der Waals surface area (Å²) in [5.41, 5.74) is 1.72. The third kappa shape index (κ3) is 3.74. The highest BCUT2D eigenvalue weighted by Gasteiger charge is 2.25. The average molecular weight is 340 g/mol. The molecular formula is C19H24N4O2. The predicted octanol–water partition coefficient (Wildman–Crippen LogP) is 2.24. The Bertz CT molecular complexity index is 739. The lowest BCUT2D eigenvalue weighted by Gasteiger charge is -2.27. The van der Waals surface area contributed by atoms with Crippen LogP contribution in [0.15, 0.2) is 30.5 Å². The number of benzene rings is 1. The average Bonchev–Trinajstić information content (AvgIpc) is 3.34. The van der Waals surface area contributed by atoms with E-state index in [1.54, 1.807) is 6.20 Å². The largest absolute Gasteiger partial charge is 0.376 e. The summed E-state index contributed by atoms with van der Waals surface area (Å²) < 4.78 is 5.78. The maximum atomic E-state index is 12.7. The number of rotatable bonds is 5. The highest BCUT2D eigenvalue weighted by Crippen LogP contribution is 2.20. The van der Waals surface area contributed by atoms with Crippen molar-refractivity contribution in [2.24, 2.45) is 0 Å². The molecule has 0 unspecified atom stereocenters. The Balaban J connectivity index is 1.56. The van der Waals surface area contributed by atoms with E-state index in [9.17, 15) is 4.79 Å². The van der Waals surface area contributed by atoms with E-state index in [2.05, 4.69) is 4.98 Å². The van der Waals surface area contributed by atoms with E-state index in [0.717, 1.165) is 62.2 Å². The number of hydrogen-bond donors (Lipinski definition) is 0. The summed E-state index contributed by atoms with van der Waals surface area (Å²) >= 11 is 0. The monoisotopic (exact) mass is 340 g/mol. The van der Waals surface area contributed by atoms with Crippen molar-refractivity contribution in [1.29, 1.82) is 0 Å². The van der Waals surface area contributed by atoms with Crippen molar-refractivity contribution in [3.63, 3.8) is 0 Å². The van der Waals surface area contributed by atoms with Gasteiger partial charge in [-0.15, -0.1) is 0 Å². The molecule has 4 rings (SSSR count). The van der Waals surface area contributed by atoms with E-state index >= 15 is 0 Å². The quantitative estimate of drug-likeness (QED) is 0.835. The number of hydrogen-bond acceptors (Lipinski definition) is 5. The SMILES string of the molecule is O=C(CN(C[C@@H]1CCCO1)c1cnc2ccccc2n1)N1CCCC1. The smallest absolute Gasteiger partial charge is 0.242 e. The molecule has 0 radical (unpaired) electrons. The van der Waals surface area contributed by atoms with E-state index in [1.807, 2.05) is 34.1 Å². The number of carbonyl (C=O) groups excluding carboxylic acids is 1. The number of likely N-dealkylation sites (tertiary alicyclic amines) is 1. The molecule has 0 spiro atoms. The summed E-state index contributed by atoms with van der Waals surface area (Å²) in [6, 6.07) is 7.82. The van der Waals surface area contributed by atoms with Gasteiger partial charge >= 0.3 is 0 Å². The molecule has 2 aromatic rings. The molecule has 1 amide bonds. The van der Waals surface area contributed by atoms with Gasteiger partial charge in [0.1, 0.15) is 5.82 Å². The fourth-order valence-electron chi connectivity index (χ4n) is 3.60. The van der Waals surface area contributed by atoms with Gasteiger partial charge in [0, 0.05) is 26.2 Å². The third-order valence-electron chi connectivity index (χ3n) is 4.99. The number of fused-ring (bicyclic) bond motifs is 1. The summed E-state index contributed by atoms with van der Waals surface area (Å²) in [4.78, 5) is 25.9. The van der Waals surface area contributed by atoms with Crippen LogP contribution in [-0.4, -0.2) is 59.7 Å². The summed E-state index contributed by atoms with van der Waals surface area (Å²) in [5, 5.41) is 0. The zero-order valence-corrected chi connectivity index (χ0v) is 14.4. The molecule has 0 bridgehead atoms. The molecule has 1 aromatic heterocycles. The molecule has 6 nitrogen and oxygen atoms in total. The Morgan fingerprint density at radius 2 is 2.00 bits per heavy atom. The first-order valence-electron chi connectivity index (χ1n) is 9.16. The molecule has 1 aromatic carbocycles. The fourth-order valence-corrected chi connectivity index (χ4v) is 3.60. The normalized spacial score (nSPS) is 20.3. The van der Waals surface area contributed by atoms with Gasteiger partial charge in [-0.2, -0.15) is 0 Å². The van der Waals surface area contributed by atoms with E-state index < -0.39 is 0 Å². The highest BCUT2D eigenvalue weighted by molar-refractivity contribution is 5.82. The lowest BCUT2D eigenvalue weighted by molar-refractivity contribution is -0.128. The molecule has 1 atom stereocenters. The second kappa shape index (κ2) is 7.35. The van der Waals surface area contributed by atoms with Gasteiger partial charge in [0.2, 0.25) is 5.91 Å². The Morgan fingerprint density at radius 3 is 2.76 bits per heavy atom. The molecule has 6 heteroatoms. The minimum Gasteiger partial charge on any atom is -0.376 e. The Labute approximate surface area is 147 Å². The van der Waals surface area contributed by atoms with Crippen LogP contribution in [0, 0.1) is 0 Å². The maximum Gasteiger partial charge on any atom is 0.242 e. The van der Waals surface area contributed by atoms with Crippen LogP contribution >= 0.6 is 0 Å². The second-order valence-electron chi connectivity index (χ2n) is 6.82. The Kier molecular flexibility index (Phi) is 4.78. The highest BCUT2D eigenvalue weighted by atomic mass is 16.5. The van der Waals surface area contributed by atoms with Gasteiger partial charge in [0.15, 0.2) is 0 Å². The molecule has 0 N–H and O–H groups in total. The molecule has 2 aliphatic heterocycles. The number of amides is 1. The van der Waals surface area contributed by atoms with Gasteiger partial charge in [0.05, 0.1) is 29.9 Å². The molecular weight excluding hydrogens is 316 g/mol.